The van der Waals surface area contributed by atoms with Gasteiger partial charge in [-0.1, -0.05) is 30.5 Å². The van der Waals surface area contributed by atoms with E-state index in [0.717, 1.165) is 17.5 Å². The van der Waals surface area contributed by atoms with Gasteiger partial charge in [-0.15, -0.1) is 0 Å². The van der Waals surface area contributed by atoms with Crippen molar-refractivity contribution < 1.29 is 0 Å². The summed E-state index contributed by atoms with van der Waals surface area (Å²) in [6, 6.07) is 8.24. The quantitative estimate of drug-likeness (QED) is 0.733. The highest BCUT2D eigenvalue weighted by Crippen LogP contribution is 2.33. The Bertz CT molecular complexity index is 482. The Kier molecular flexibility index (Phi) is 2.21. The number of fused-ring (bicyclic) bond motifs is 1. The van der Waals surface area contributed by atoms with Crippen molar-refractivity contribution in [1.82, 2.24) is 4.57 Å². The van der Waals surface area contributed by atoms with E-state index in [9.17, 15) is 0 Å². The van der Waals surface area contributed by atoms with E-state index in [2.05, 4.69) is 22.9 Å². The van der Waals surface area contributed by atoms with Gasteiger partial charge >= 0.3 is 0 Å². The number of rotatable bonds is 3. The Hall–Kier alpha value is -0.950. The Morgan fingerprint density at radius 1 is 1.27 bits per heavy atom. The summed E-state index contributed by atoms with van der Waals surface area (Å²) in [4.78, 5) is 0. The molecule has 78 valence electrons. The highest BCUT2D eigenvalue weighted by molar-refractivity contribution is 6.35. The van der Waals surface area contributed by atoms with Crippen molar-refractivity contribution in [2.45, 2.75) is 25.8 Å². The lowest BCUT2D eigenvalue weighted by molar-refractivity contribution is 0.611. The molecule has 1 aliphatic carbocycles. The van der Waals surface area contributed by atoms with Gasteiger partial charge in [-0.05, 0) is 30.5 Å². The first kappa shape index (κ1) is 9.29. The second kappa shape index (κ2) is 3.57. The summed E-state index contributed by atoms with van der Waals surface area (Å²) in [5.41, 5.74) is 1.27. The van der Waals surface area contributed by atoms with Crippen LogP contribution in [0.1, 0.15) is 19.3 Å². The molecule has 0 bridgehead atoms. The molecular formula is C13H14ClN. The average Bonchev–Trinajstić information content (AvgIpc) is 2.97. The van der Waals surface area contributed by atoms with Crippen molar-refractivity contribution in [3.63, 3.8) is 0 Å². The number of nitrogens with zero attached hydrogens (tertiary/aromatic N) is 1. The number of halogens is 1. The van der Waals surface area contributed by atoms with E-state index in [4.69, 9.17) is 11.6 Å². The van der Waals surface area contributed by atoms with Crippen LogP contribution in [0.5, 0.6) is 0 Å². The molecule has 2 heteroatoms. The van der Waals surface area contributed by atoms with Crippen molar-refractivity contribution >= 4 is 22.5 Å². The van der Waals surface area contributed by atoms with Crippen molar-refractivity contribution in [3.8, 4) is 0 Å². The minimum Gasteiger partial charge on any atom is -0.347 e. The van der Waals surface area contributed by atoms with Crippen molar-refractivity contribution in [2.24, 2.45) is 5.92 Å². The molecule has 0 spiro atoms. The van der Waals surface area contributed by atoms with Gasteiger partial charge in [0.2, 0.25) is 0 Å². The monoisotopic (exact) mass is 219 g/mol. The van der Waals surface area contributed by atoms with E-state index < -0.39 is 0 Å². The minimum absolute atomic E-state index is 0.859. The van der Waals surface area contributed by atoms with E-state index in [0.29, 0.717) is 0 Å². The van der Waals surface area contributed by atoms with Gasteiger partial charge in [0.15, 0.2) is 0 Å². The fraction of sp³-hybridized carbons (Fsp3) is 0.385. The topological polar surface area (TPSA) is 4.93 Å². The summed E-state index contributed by atoms with van der Waals surface area (Å²) in [6.07, 6.45) is 6.33. The Morgan fingerprint density at radius 2 is 2.13 bits per heavy atom. The third-order valence-electron chi connectivity index (χ3n) is 3.24. The highest BCUT2D eigenvalue weighted by atomic mass is 35.5. The first-order valence-corrected chi connectivity index (χ1v) is 5.96. The van der Waals surface area contributed by atoms with Gasteiger partial charge in [0.25, 0.3) is 0 Å². The lowest BCUT2D eigenvalue weighted by atomic mass is 10.2. The fourth-order valence-electron chi connectivity index (χ4n) is 2.11. The summed E-state index contributed by atoms with van der Waals surface area (Å²) in [5, 5.41) is 2.03. The van der Waals surface area contributed by atoms with Crippen LogP contribution in [-0.2, 0) is 6.54 Å². The van der Waals surface area contributed by atoms with Gasteiger partial charge in [-0.25, -0.2) is 0 Å². The zero-order chi connectivity index (χ0) is 10.3. The largest absolute Gasteiger partial charge is 0.347 e. The Labute approximate surface area is 94.7 Å². The predicted octanol–water partition coefficient (Wildman–Crippen LogP) is 4.09. The molecule has 1 heterocycles. The molecule has 2 aromatic rings. The molecule has 1 aromatic carbocycles. The number of aryl methyl sites for hydroxylation is 1. The molecule has 0 radical (unpaired) electrons. The predicted molar refractivity (Wildman–Crippen MR) is 64.3 cm³/mol. The molecule has 0 N–H and O–H groups in total. The summed E-state index contributed by atoms with van der Waals surface area (Å²) in [6.45, 7) is 1.13. The van der Waals surface area contributed by atoms with Crippen LogP contribution in [0.25, 0.3) is 10.9 Å². The van der Waals surface area contributed by atoms with Crippen LogP contribution < -0.4 is 0 Å². The first-order valence-electron chi connectivity index (χ1n) is 5.58. The third-order valence-corrected chi connectivity index (χ3v) is 3.57. The van der Waals surface area contributed by atoms with Crippen LogP contribution in [0.15, 0.2) is 30.5 Å². The van der Waals surface area contributed by atoms with E-state index in [-0.39, 0.29) is 0 Å². The van der Waals surface area contributed by atoms with Crippen molar-refractivity contribution in [1.29, 1.82) is 0 Å². The highest BCUT2D eigenvalue weighted by Gasteiger charge is 2.20. The summed E-state index contributed by atoms with van der Waals surface area (Å²) in [7, 11) is 0. The van der Waals surface area contributed by atoms with Crippen LogP contribution in [0.2, 0.25) is 5.02 Å². The number of aromatic nitrogens is 1. The summed E-state index contributed by atoms with van der Waals surface area (Å²) < 4.78 is 2.32. The number of benzene rings is 1. The third kappa shape index (κ3) is 1.76. The second-order valence-corrected chi connectivity index (χ2v) is 4.82. The zero-order valence-corrected chi connectivity index (χ0v) is 9.37. The SMILES string of the molecule is Clc1cccc2c1ccn2CCC1CC1. The number of hydrogen-bond acceptors (Lipinski definition) is 0. The molecule has 0 unspecified atom stereocenters. The lowest BCUT2D eigenvalue weighted by Crippen LogP contribution is -1.96. The summed E-state index contributed by atoms with van der Waals surface area (Å²) >= 11 is 6.13. The van der Waals surface area contributed by atoms with Gasteiger partial charge in [-0.3, -0.25) is 0 Å². The maximum atomic E-state index is 6.13. The van der Waals surface area contributed by atoms with Gasteiger partial charge in [0.1, 0.15) is 0 Å². The first-order chi connectivity index (χ1) is 7.34. The standard InChI is InChI=1S/C13H14ClN/c14-12-2-1-3-13-11(12)7-9-15(13)8-6-10-4-5-10/h1-3,7,9-10H,4-6,8H2. The minimum atomic E-state index is 0.859. The zero-order valence-electron chi connectivity index (χ0n) is 8.62. The molecule has 1 nitrogen and oxygen atoms in total. The average molecular weight is 220 g/mol. The fourth-order valence-corrected chi connectivity index (χ4v) is 2.34. The van der Waals surface area contributed by atoms with Crippen LogP contribution in [0.3, 0.4) is 0 Å². The maximum Gasteiger partial charge on any atom is 0.0499 e. The second-order valence-electron chi connectivity index (χ2n) is 4.41. The molecule has 0 atom stereocenters. The van der Waals surface area contributed by atoms with Crippen LogP contribution in [0, 0.1) is 5.92 Å². The Balaban J connectivity index is 1.92. The molecule has 1 aliphatic rings. The molecule has 0 amide bonds. The van der Waals surface area contributed by atoms with E-state index >= 15 is 0 Å². The lowest BCUT2D eigenvalue weighted by Gasteiger charge is -2.04. The summed E-state index contributed by atoms with van der Waals surface area (Å²) in [5.74, 6) is 0.988. The van der Waals surface area contributed by atoms with Crippen LogP contribution in [-0.4, -0.2) is 4.57 Å². The molecule has 3 rings (SSSR count). The molecular weight excluding hydrogens is 206 g/mol. The molecule has 0 aliphatic heterocycles. The molecule has 1 fully saturated rings. The molecule has 15 heavy (non-hydrogen) atoms. The van der Waals surface area contributed by atoms with E-state index in [1.807, 2.05) is 12.1 Å². The van der Waals surface area contributed by atoms with Gasteiger partial charge < -0.3 is 4.57 Å². The van der Waals surface area contributed by atoms with E-state index in [1.165, 1.54) is 30.2 Å². The molecule has 1 aromatic heterocycles. The van der Waals surface area contributed by atoms with Crippen LogP contribution >= 0.6 is 11.6 Å². The Morgan fingerprint density at radius 3 is 2.93 bits per heavy atom. The normalized spacial score (nSPS) is 16.1. The molecule has 1 saturated carbocycles. The number of hydrogen-bond donors (Lipinski definition) is 0. The van der Waals surface area contributed by atoms with Crippen LogP contribution in [0.4, 0.5) is 0 Å². The van der Waals surface area contributed by atoms with Crippen molar-refractivity contribution in [3.05, 3.63) is 35.5 Å². The van der Waals surface area contributed by atoms with Gasteiger partial charge in [-0.2, -0.15) is 0 Å². The maximum absolute atomic E-state index is 6.13. The smallest absolute Gasteiger partial charge is 0.0499 e. The van der Waals surface area contributed by atoms with Gasteiger partial charge in [0.05, 0.1) is 0 Å². The van der Waals surface area contributed by atoms with Crippen molar-refractivity contribution in [2.75, 3.05) is 0 Å². The molecule has 0 saturated heterocycles. The van der Waals surface area contributed by atoms with E-state index in [1.54, 1.807) is 0 Å². The van der Waals surface area contributed by atoms with Gasteiger partial charge in [0, 0.05) is 28.7 Å².